The molecule has 0 saturated carbocycles. The highest BCUT2D eigenvalue weighted by Gasteiger charge is 2.18. The van der Waals surface area contributed by atoms with Crippen molar-refractivity contribution in [3.63, 3.8) is 0 Å². The third kappa shape index (κ3) is 4.28. The van der Waals surface area contributed by atoms with E-state index in [-0.39, 0.29) is 6.04 Å². The molecule has 0 radical (unpaired) electrons. The number of benzene rings is 1. The van der Waals surface area contributed by atoms with Crippen molar-refractivity contribution in [3.05, 3.63) is 50.1 Å². The first kappa shape index (κ1) is 19.7. The van der Waals surface area contributed by atoms with Gasteiger partial charge in [0.25, 0.3) is 0 Å². The molecule has 26 heavy (non-hydrogen) atoms. The van der Waals surface area contributed by atoms with E-state index in [1.807, 2.05) is 18.2 Å². The lowest BCUT2D eigenvalue weighted by Crippen LogP contribution is -2.04. The Balaban J connectivity index is 1.85. The molecule has 7 heteroatoms. The summed E-state index contributed by atoms with van der Waals surface area (Å²) < 4.78 is 2.20. The summed E-state index contributed by atoms with van der Waals surface area (Å²) >= 11 is 15.6. The highest BCUT2D eigenvalue weighted by molar-refractivity contribution is 7.98. The van der Waals surface area contributed by atoms with Crippen LogP contribution in [0.3, 0.4) is 0 Å². The lowest BCUT2D eigenvalue weighted by Gasteiger charge is -2.13. The van der Waals surface area contributed by atoms with Gasteiger partial charge in [-0.25, -0.2) is 0 Å². The van der Waals surface area contributed by atoms with Crippen molar-refractivity contribution in [1.29, 1.82) is 0 Å². The zero-order valence-corrected chi connectivity index (χ0v) is 18.3. The van der Waals surface area contributed by atoms with Crippen LogP contribution in [0, 0.1) is 0 Å². The quantitative estimate of drug-likeness (QED) is 0.387. The number of thiophene rings is 1. The van der Waals surface area contributed by atoms with Crippen LogP contribution in [0.5, 0.6) is 0 Å². The van der Waals surface area contributed by atoms with E-state index in [0.29, 0.717) is 16.0 Å². The molecule has 3 nitrogen and oxygen atoms in total. The van der Waals surface area contributed by atoms with Gasteiger partial charge in [0, 0.05) is 27.6 Å². The molecule has 0 saturated heterocycles. The molecule has 0 unspecified atom stereocenters. The first-order valence-corrected chi connectivity index (χ1v) is 11.1. The molecular formula is C19H21Cl2N3S2. The Bertz CT molecular complexity index is 900. The maximum atomic E-state index is 6.12. The van der Waals surface area contributed by atoms with Crippen molar-refractivity contribution in [1.82, 2.24) is 14.8 Å². The van der Waals surface area contributed by atoms with Gasteiger partial charge in [-0.2, -0.15) is 0 Å². The first-order chi connectivity index (χ1) is 12.4. The van der Waals surface area contributed by atoms with Crippen molar-refractivity contribution in [2.24, 2.45) is 0 Å². The van der Waals surface area contributed by atoms with Crippen LogP contribution in [-0.2, 0) is 5.75 Å². The maximum Gasteiger partial charge on any atom is 0.192 e. The predicted molar refractivity (Wildman–Crippen MR) is 114 cm³/mol. The zero-order valence-electron chi connectivity index (χ0n) is 15.2. The number of thioether (sulfide) groups is 1. The molecule has 0 bridgehead atoms. The molecule has 3 aromatic rings. The van der Waals surface area contributed by atoms with Crippen LogP contribution in [0.4, 0.5) is 0 Å². The Morgan fingerprint density at radius 3 is 2.46 bits per heavy atom. The second-order valence-electron chi connectivity index (χ2n) is 6.70. The lowest BCUT2D eigenvalue weighted by molar-refractivity contribution is 0.555. The second-order valence-corrected chi connectivity index (χ2v) is 9.40. The summed E-state index contributed by atoms with van der Waals surface area (Å²) in [5.74, 6) is 2.22. The number of rotatable bonds is 6. The fraction of sp³-hybridized carbons (Fsp3) is 0.368. The van der Waals surface area contributed by atoms with Gasteiger partial charge >= 0.3 is 0 Å². The standard InChI is InChI=1S/C19H21Cl2N3S2/c1-11(2)17-8-14(10-25-17)18-22-23-19(24(18)12(3)4)26-9-13-5-6-15(20)16(21)7-13/h5-8,10-12H,9H2,1-4H3. The van der Waals surface area contributed by atoms with Crippen LogP contribution in [0.2, 0.25) is 10.0 Å². The number of halogens is 2. The summed E-state index contributed by atoms with van der Waals surface area (Å²) in [5, 5.41) is 13.2. The van der Waals surface area contributed by atoms with Gasteiger partial charge in [-0.1, -0.05) is 54.9 Å². The highest BCUT2D eigenvalue weighted by atomic mass is 35.5. The molecule has 0 aliphatic carbocycles. The topological polar surface area (TPSA) is 30.7 Å². The first-order valence-electron chi connectivity index (χ1n) is 8.47. The fourth-order valence-electron chi connectivity index (χ4n) is 2.59. The maximum absolute atomic E-state index is 6.12. The van der Waals surface area contributed by atoms with E-state index in [2.05, 4.69) is 53.9 Å². The van der Waals surface area contributed by atoms with Gasteiger partial charge in [0.2, 0.25) is 0 Å². The average molecular weight is 426 g/mol. The smallest absolute Gasteiger partial charge is 0.192 e. The molecule has 2 heterocycles. The summed E-state index contributed by atoms with van der Waals surface area (Å²) in [6.45, 7) is 8.74. The normalized spacial score (nSPS) is 11.7. The second kappa shape index (κ2) is 8.34. The van der Waals surface area contributed by atoms with Crippen molar-refractivity contribution < 1.29 is 0 Å². The molecule has 2 aromatic heterocycles. The van der Waals surface area contributed by atoms with E-state index in [4.69, 9.17) is 23.2 Å². The van der Waals surface area contributed by atoms with E-state index in [1.165, 1.54) is 4.88 Å². The molecule has 0 N–H and O–H groups in total. The Morgan fingerprint density at radius 1 is 1.08 bits per heavy atom. The van der Waals surface area contributed by atoms with Gasteiger partial charge in [-0.15, -0.1) is 21.5 Å². The Kier molecular flexibility index (Phi) is 6.33. The van der Waals surface area contributed by atoms with Gasteiger partial charge in [0.05, 0.1) is 10.0 Å². The van der Waals surface area contributed by atoms with Crippen LogP contribution in [0.1, 0.15) is 50.1 Å². The van der Waals surface area contributed by atoms with Crippen LogP contribution in [0.25, 0.3) is 11.4 Å². The van der Waals surface area contributed by atoms with Gasteiger partial charge in [-0.05, 0) is 43.5 Å². The zero-order chi connectivity index (χ0) is 18.8. The molecule has 0 amide bonds. The molecule has 0 aliphatic heterocycles. The summed E-state index contributed by atoms with van der Waals surface area (Å²) in [7, 11) is 0. The Morgan fingerprint density at radius 2 is 1.85 bits per heavy atom. The minimum absolute atomic E-state index is 0.277. The molecule has 3 rings (SSSR count). The van der Waals surface area contributed by atoms with Gasteiger partial charge < -0.3 is 0 Å². The van der Waals surface area contributed by atoms with Crippen molar-refractivity contribution in [2.75, 3.05) is 0 Å². The lowest BCUT2D eigenvalue weighted by atomic mass is 10.1. The number of hydrogen-bond donors (Lipinski definition) is 0. The van der Waals surface area contributed by atoms with E-state index < -0.39 is 0 Å². The number of hydrogen-bond acceptors (Lipinski definition) is 4. The van der Waals surface area contributed by atoms with E-state index >= 15 is 0 Å². The summed E-state index contributed by atoms with van der Waals surface area (Å²) in [6, 6.07) is 8.23. The van der Waals surface area contributed by atoms with Crippen molar-refractivity contribution in [2.45, 2.75) is 50.6 Å². The van der Waals surface area contributed by atoms with Crippen LogP contribution >= 0.6 is 46.3 Å². The van der Waals surface area contributed by atoms with Gasteiger partial charge in [0.15, 0.2) is 11.0 Å². The molecule has 1 aromatic carbocycles. The van der Waals surface area contributed by atoms with Crippen LogP contribution in [0.15, 0.2) is 34.8 Å². The third-order valence-corrected chi connectivity index (χ3v) is 6.97. The number of aromatic nitrogens is 3. The summed E-state index contributed by atoms with van der Waals surface area (Å²) in [5.41, 5.74) is 2.25. The van der Waals surface area contributed by atoms with Crippen LogP contribution < -0.4 is 0 Å². The molecule has 0 aliphatic rings. The molecule has 138 valence electrons. The molecule has 0 fully saturated rings. The van der Waals surface area contributed by atoms with Crippen molar-refractivity contribution in [3.8, 4) is 11.4 Å². The predicted octanol–water partition coefficient (Wildman–Crippen LogP) is 7.31. The molecular weight excluding hydrogens is 405 g/mol. The van der Waals surface area contributed by atoms with Gasteiger partial charge in [-0.3, -0.25) is 4.57 Å². The summed E-state index contributed by atoms with van der Waals surface area (Å²) in [4.78, 5) is 1.36. The highest BCUT2D eigenvalue weighted by Crippen LogP contribution is 2.34. The largest absolute Gasteiger partial charge is 0.299 e. The minimum Gasteiger partial charge on any atom is -0.299 e. The monoisotopic (exact) mass is 425 g/mol. The molecule has 0 spiro atoms. The Hall–Kier alpha value is -1.01. The SMILES string of the molecule is CC(C)c1cc(-c2nnc(SCc3ccc(Cl)c(Cl)c3)n2C(C)C)cs1. The van der Waals surface area contributed by atoms with E-state index in [1.54, 1.807) is 23.1 Å². The summed E-state index contributed by atoms with van der Waals surface area (Å²) in [6.07, 6.45) is 0. The molecule has 0 atom stereocenters. The number of nitrogens with zero attached hydrogens (tertiary/aromatic N) is 3. The minimum atomic E-state index is 0.277. The average Bonchev–Trinajstić information content (AvgIpc) is 3.22. The van der Waals surface area contributed by atoms with E-state index in [9.17, 15) is 0 Å². The van der Waals surface area contributed by atoms with Crippen molar-refractivity contribution >= 4 is 46.3 Å². The van der Waals surface area contributed by atoms with Crippen LogP contribution in [-0.4, -0.2) is 14.8 Å². The fourth-order valence-corrected chi connectivity index (χ4v) is 4.82. The third-order valence-electron chi connectivity index (χ3n) is 3.98. The van der Waals surface area contributed by atoms with Gasteiger partial charge in [0.1, 0.15) is 0 Å². The Labute approximate surface area is 172 Å². The van der Waals surface area contributed by atoms with E-state index in [0.717, 1.165) is 27.9 Å².